The van der Waals surface area contributed by atoms with Gasteiger partial charge in [0, 0.05) is 48.6 Å². The number of carbonyl (C=O) groups excluding carboxylic acids is 1. The maximum atomic E-state index is 12.8. The maximum Gasteiger partial charge on any atom is 0.339 e. The topological polar surface area (TPSA) is 71.8 Å². The average molecular weight is 421 g/mol. The van der Waals surface area contributed by atoms with Crippen LogP contribution in [0.15, 0.2) is 27.4 Å². The molecule has 2 fully saturated rings. The highest BCUT2D eigenvalue weighted by molar-refractivity contribution is 5.85. The van der Waals surface area contributed by atoms with Crippen LogP contribution in [0.4, 0.5) is 0 Å². The van der Waals surface area contributed by atoms with E-state index in [1.807, 2.05) is 31.0 Å². The van der Waals surface area contributed by atoms with E-state index in [4.69, 9.17) is 9.15 Å². The van der Waals surface area contributed by atoms with E-state index in [2.05, 4.69) is 5.32 Å². The lowest BCUT2D eigenvalue weighted by Crippen LogP contribution is -2.48. The summed E-state index contributed by atoms with van der Waals surface area (Å²) in [7, 11) is 3.48. The summed E-state index contributed by atoms with van der Waals surface area (Å²) in [5.74, 6) is 0.746. The van der Waals surface area contributed by atoms with Gasteiger partial charge in [0.05, 0.1) is 7.11 Å². The van der Waals surface area contributed by atoms with Gasteiger partial charge in [-0.15, -0.1) is 12.4 Å². The van der Waals surface area contributed by atoms with E-state index in [1.54, 1.807) is 13.2 Å². The maximum absolute atomic E-state index is 12.8. The highest BCUT2D eigenvalue weighted by atomic mass is 35.5. The number of rotatable bonds is 5. The lowest BCUT2D eigenvalue weighted by atomic mass is 9.97. The van der Waals surface area contributed by atoms with Crippen molar-refractivity contribution in [2.45, 2.75) is 63.6 Å². The molecule has 0 aliphatic carbocycles. The molecule has 1 N–H and O–H groups in total. The van der Waals surface area contributed by atoms with E-state index in [0.717, 1.165) is 23.8 Å². The first-order valence-corrected chi connectivity index (χ1v) is 10.1. The number of halogens is 1. The predicted molar refractivity (Wildman–Crippen MR) is 115 cm³/mol. The molecule has 0 spiro atoms. The Hall–Kier alpha value is -2.05. The summed E-state index contributed by atoms with van der Waals surface area (Å²) in [6.45, 7) is 1.92. The number of amides is 1. The van der Waals surface area contributed by atoms with E-state index in [9.17, 15) is 9.59 Å². The number of benzene rings is 1. The van der Waals surface area contributed by atoms with E-state index in [0.29, 0.717) is 47.9 Å². The fraction of sp³-hybridized carbons (Fsp3) is 0.545. The van der Waals surface area contributed by atoms with Crippen molar-refractivity contribution in [3.05, 3.63) is 39.7 Å². The summed E-state index contributed by atoms with van der Waals surface area (Å²) in [6, 6.07) is 6.86. The normalized spacial score (nSPS) is 22.9. The van der Waals surface area contributed by atoms with Crippen molar-refractivity contribution in [3.63, 3.8) is 0 Å². The number of fused-ring (bicyclic) bond motifs is 3. The standard InChI is InChI=1S/C22H28N2O4.ClH/c1-13-18-7-6-17(27-3)12-20(18)28-22(26)19(13)8-9-21(25)24(2)16-10-14-4-5-15(11-16)23-14;/h6-7,12,14-16,23H,4-5,8-11H2,1-3H3;1H. The number of nitrogens with one attached hydrogen (secondary N) is 1. The van der Waals surface area contributed by atoms with Gasteiger partial charge in [-0.25, -0.2) is 4.79 Å². The van der Waals surface area contributed by atoms with Crippen molar-refractivity contribution in [1.82, 2.24) is 10.2 Å². The molecule has 1 amide bonds. The molecule has 0 radical (unpaired) electrons. The van der Waals surface area contributed by atoms with E-state index in [1.165, 1.54) is 12.8 Å². The van der Waals surface area contributed by atoms with Gasteiger partial charge < -0.3 is 19.4 Å². The summed E-state index contributed by atoms with van der Waals surface area (Å²) in [5, 5.41) is 4.49. The zero-order valence-electron chi connectivity index (χ0n) is 17.2. The quantitative estimate of drug-likeness (QED) is 0.752. The molecule has 2 aliphatic rings. The number of nitrogens with zero attached hydrogens (tertiary/aromatic N) is 1. The Labute approximate surface area is 177 Å². The second kappa shape index (κ2) is 8.76. The Kier molecular flexibility index (Phi) is 6.54. The second-order valence-electron chi connectivity index (χ2n) is 8.12. The van der Waals surface area contributed by atoms with Crippen LogP contribution < -0.4 is 15.7 Å². The largest absolute Gasteiger partial charge is 0.497 e. The number of piperidine rings is 1. The van der Waals surface area contributed by atoms with Crippen LogP contribution in [0.3, 0.4) is 0 Å². The summed E-state index contributed by atoms with van der Waals surface area (Å²) in [5.41, 5.74) is 1.61. The fourth-order valence-electron chi connectivity index (χ4n) is 4.75. The van der Waals surface area contributed by atoms with E-state index in [-0.39, 0.29) is 23.9 Å². The number of hydrogen-bond acceptors (Lipinski definition) is 5. The first kappa shape index (κ1) is 21.7. The summed E-state index contributed by atoms with van der Waals surface area (Å²) >= 11 is 0. The lowest BCUT2D eigenvalue weighted by Gasteiger charge is -2.35. The highest BCUT2D eigenvalue weighted by Crippen LogP contribution is 2.30. The number of hydrogen-bond donors (Lipinski definition) is 1. The van der Waals surface area contributed by atoms with Crippen LogP contribution >= 0.6 is 12.4 Å². The first-order chi connectivity index (χ1) is 13.5. The monoisotopic (exact) mass is 420 g/mol. The second-order valence-corrected chi connectivity index (χ2v) is 8.12. The van der Waals surface area contributed by atoms with Gasteiger partial charge in [0.15, 0.2) is 0 Å². The third kappa shape index (κ3) is 4.28. The van der Waals surface area contributed by atoms with Crippen LogP contribution in [0.25, 0.3) is 11.0 Å². The van der Waals surface area contributed by atoms with Crippen molar-refractivity contribution < 1.29 is 13.9 Å². The Morgan fingerprint density at radius 3 is 2.62 bits per heavy atom. The molecule has 1 aromatic carbocycles. The van der Waals surface area contributed by atoms with Gasteiger partial charge in [-0.3, -0.25) is 4.79 Å². The smallest absolute Gasteiger partial charge is 0.339 e. The third-order valence-electron chi connectivity index (χ3n) is 6.47. The zero-order valence-corrected chi connectivity index (χ0v) is 18.0. The molecule has 29 heavy (non-hydrogen) atoms. The van der Waals surface area contributed by atoms with Crippen LogP contribution in [-0.2, 0) is 11.2 Å². The summed E-state index contributed by atoms with van der Waals surface area (Å²) < 4.78 is 10.7. The molecule has 2 saturated heterocycles. The predicted octanol–water partition coefficient (Wildman–Crippen LogP) is 3.21. The van der Waals surface area contributed by atoms with Gasteiger partial charge in [0.25, 0.3) is 0 Å². The molecule has 3 heterocycles. The average Bonchev–Trinajstić information content (AvgIpc) is 3.04. The molecular formula is C22H29ClN2O4. The molecule has 2 aromatic rings. The minimum Gasteiger partial charge on any atom is -0.497 e. The Bertz CT molecular complexity index is 946. The van der Waals surface area contributed by atoms with Crippen molar-refractivity contribution >= 4 is 29.3 Å². The third-order valence-corrected chi connectivity index (χ3v) is 6.47. The van der Waals surface area contributed by atoms with Crippen LogP contribution in [-0.4, -0.2) is 43.1 Å². The van der Waals surface area contributed by atoms with Crippen molar-refractivity contribution in [2.75, 3.05) is 14.2 Å². The van der Waals surface area contributed by atoms with Gasteiger partial charge in [-0.05, 0) is 56.7 Å². The molecule has 7 heteroatoms. The summed E-state index contributed by atoms with van der Waals surface area (Å²) in [6.07, 6.45) is 5.20. The molecule has 2 unspecified atom stereocenters. The number of carbonyl (C=O) groups is 1. The van der Waals surface area contributed by atoms with Gasteiger partial charge in [-0.1, -0.05) is 0 Å². The molecule has 158 valence electrons. The molecular weight excluding hydrogens is 392 g/mol. The lowest BCUT2D eigenvalue weighted by molar-refractivity contribution is -0.132. The van der Waals surface area contributed by atoms with Crippen LogP contribution in [0.2, 0.25) is 0 Å². The SMILES string of the molecule is COc1ccc2c(C)c(CCC(=O)N(C)C3CC4CCC(C3)N4)c(=O)oc2c1.Cl. The van der Waals surface area contributed by atoms with Gasteiger partial charge in [-0.2, -0.15) is 0 Å². The summed E-state index contributed by atoms with van der Waals surface area (Å²) in [4.78, 5) is 27.2. The Balaban J connectivity index is 0.00000240. The van der Waals surface area contributed by atoms with Crippen LogP contribution in [0.5, 0.6) is 5.75 Å². The minimum atomic E-state index is -0.367. The van der Waals surface area contributed by atoms with Crippen molar-refractivity contribution in [3.8, 4) is 5.75 Å². The van der Waals surface area contributed by atoms with Crippen LogP contribution in [0.1, 0.15) is 43.2 Å². The molecule has 0 saturated carbocycles. The molecule has 2 atom stereocenters. The van der Waals surface area contributed by atoms with E-state index >= 15 is 0 Å². The van der Waals surface area contributed by atoms with E-state index < -0.39 is 0 Å². The number of methoxy groups -OCH3 is 1. The molecule has 2 aliphatic heterocycles. The van der Waals surface area contributed by atoms with Gasteiger partial charge in [0.2, 0.25) is 5.91 Å². The molecule has 4 rings (SSSR count). The Morgan fingerprint density at radius 2 is 1.97 bits per heavy atom. The van der Waals surface area contributed by atoms with Gasteiger partial charge in [0.1, 0.15) is 11.3 Å². The first-order valence-electron chi connectivity index (χ1n) is 10.1. The molecule has 2 bridgehead atoms. The zero-order chi connectivity index (χ0) is 19.8. The minimum absolute atomic E-state index is 0. The highest BCUT2D eigenvalue weighted by Gasteiger charge is 2.36. The fourth-order valence-corrected chi connectivity index (χ4v) is 4.75. The molecule has 6 nitrogen and oxygen atoms in total. The van der Waals surface area contributed by atoms with Crippen molar-refractivity contribution in [1.29, 1.82) is 0 Å². The number of ether oxygens (including phenoxy) is 1. The molecule has 1 aromatic heterocycles. The van der Waals surface area contributed by atoms with Crippen molar-refractivity contribution in [2.24, 2.45) is 0 Å². The van der Waals surface area contributed by atoms with Gasteiger partial charge >= 0.3 is 5.63 Å². The number of aryl methyl sites for hydroxylation is 1. The van der Waals surface area contributed by atoms with Crippen LogP contribution in [0, 0.1) is 6.92 Å². The Morgan fingerprint density at radius 1 is 1.28 bits per heavy atom.